The van der Waals surface area contributed by atoms with Gasteiger partial charge < -0.3 is 9.30 Å². The monoisotopic (exact) mass is 272 g/mol. The first kappa shape index (κ1) is 12.3. The molecule has 2 aromatic heterocycles. The highest BCUT2D eigenvalue weighted by atomic mass is 16.5. The summed E-state index contributed by atoms with van der Waals surface area (Å²) in [4.78, 5) is 12.9. The van der Waals surface area contributed by atoms with Gasteiger partial charge in [-0.1, -0.05) is 19.3 Å². The zero-order valence-corrected chi connectivity index (χ0v) is 11.7. The molecule has 1 saturated heterocycles. The van der Waals surface area contributed by atoms with Crippen molar-refractivity contribution >= 4 is 11.3 Å². The van der Waals surface area contributed by atoms with Gasteiger partial charge in [-0.05, 0) is 24.7 Å². The van der Waals surface area contributed by atoms with Crippen LogP contribution in [0.1, 0.15) is 38.5 Å². The van der Waals surface area contributed by atoms with Gasteiger partial charge in [0, 0.05) is 12.4 Å². The first-order valence-electron chi connectivity index (χ1n) is 7.58. The second-order valence-electron chi connectivity index (χ2n) is 6.30. The summed E-state index contributed by atoms with van der Waals surface area (Å²) in [5, 5.41) is 0. The van der Waals surface area contributed by atoms with Crippen LogP contribution in [0.2, 0.25) is 0 Å². The second-order valence-corrected chi connectivity index (χ2v) is 6.30. The minimum absolute atomic E-state index is 0.299. The molecule has 1 unspecified atom stereocenters. The molecule has 0 radical (unpaired) electrons. The van der Waals surface area contributed by atoms with Gasteiger partial charge in [0.05, 0.1) is 25.6 Å². The zero-order valence-electron chi connectivity index (χ0n) is 11.7. The van der Waals surface area contributed by atoms with E-state index in [9.17, 15) is 0 Å². The van der Waals surface area contributed by atoms with E-state index in [2.05, 4.69) is 19.5 Å². The maximum Gasteiger partial charge on any atom is 0.197 e. The highest BCUT2D eigenvalue weighted by Gasteiger charge is 2.40. The molecular formula is C15H20N4O. The van der Waals surface area contributed by atoms with Crippen LogP contribution in [0.15, 0.2) is 18.7 Å². The van der Waals surface area contributed by atoms with Gasteiger partial charge in [-0.25, -0.2) is 15.0 Å². The summed E-state index contributed by atoms with van der Waals surface area (Å²) >= 11 is 0. The topological polar surface area (TPSA) is 52.8 Å². The Balaban J connectivity index is 1.50. The van der Waals surface area contributed by atoms with E-state index in [1.54, 1.807) is 12.4 Å². The van der Waals surface area contributed by atoms with E-state index < -0.39 is 0 Å². The number of rotatable bonds is 2. The third kappa shape index (κ3) is 2.10. The van der Waals surface area contributed by atoms with Crippen LogP contribution < -0.4 is 0 Å². The van der Waals surface area contributed by atoms with Gasteiger partial charge in [0.15, 0.2) is 11.3 Å². The lowest BCUT2D eigenvalue weighted by Crippen LogP contribution is -2.25. The maximum atomic E-state index is 6.07. The summed E-state index contributed by atoms with van der Waals surface area (Å²) in [6.45, 7) is 1.78. The average Bonchev–Trinajstić information content (AvgIpc) is 3.06. The molecule has 20 heavy (non-hydrogen) atoms. The average molecular weight is 272 g/mol. The summed E-state index contributed by atoms with van der Waals surface area (Å²) in [5.74, 6) is 0. The standard InChI is InChI=1S/C15H20N4O/c1-2-4-15(5-3-1)8-12(20-10-15)9-19-11-18-13-14(19)17-7-6-16-13/h6-7,11-12H,1-5,8-10H2. The van der Waals surface area contributed by atoms with Crippen molar-refractivity contribution in [1.29, 1.82) is 0 Å². The SMILES string of the molecule is c1cnc2c(n1)ncn2CC1CC2(CCCCC2)CO1. The molecule has 1 spiro atoms. The predicted octanol–water partition coefficient (Wildman–Crippen LogP) is 2.57. The lowest BCUT2D eigenvalue weighted by molar-refractivity contribution is 0.0763. The van der Waals surface area contributed by atoms with Gasteiger partial charge >= 0.3 is 0 Å². The fourth-order valence-electron chi connectivity index (χ4n) is 3.81. The number of hydrogen-bond donors (Lipinski definition) is 0. The Morgan fingerprint density at radius 2 is 2.00 bits per heavy atom. The number of fused-ring (bicyclic) bond motifs is 1. The van der Waals surface area contributed by atoms with Gasteiger partial charge in [0.2, 0.25) is 0 Å². The molecule has 5 heteroatoms. The Morgan fingerprint density at radius 3 is 2.90 bits per heavy atom. The Morgan fingerprint density at radius 1 is 1.15 bits per heavy atom. The van der Waals surface area contributed by atoms with E-state index in [4.69, 9.17) is 4.74 Å². The Hall–Kier alpha value is -1.49. The van der Waals surface area contributed by atoms with Crippen LogP contribution >= 0.6 is 0 Å². The minimum Gasteiger partial charge on any atom is -0.376 e. The highest BCUT2D eigenvalue weighted by Crippen LogP contribution is 2.45. The van der Waals surface area contributed by atoms with Crippen molar-refractivity contribution in [1.82, 2.24) is 19.5 Å². The maximum absolute atomic E-state index is 6.07. The van der Waals surface area contributed by atoms with E-state index in [-0.39, 0.29) is 0 Å². The number of aromatic nitrogens is 4. The third-order valence-electron chi connectivity index (χ3n) is 4.85. The Labute approximate surface area is 118 Å². The van der Waals surface area contributed by atoms with Crippen LogP contribution in [0.5, 0.6) is 0 Å². The zero-order chi connectivity index (χ0) is 13.4. The smallest absolute Gasteiger partial charge is 0.197 e. The fraction of sp³-hybridized carbons (Fsp3) is 0.667. The van der Waals surface area contributed by atoms with E-state index >= 15 is 0 Å². The van der Waals surface area contributed by atoms with Crippen LogP contribution in [0.3, 0.4) is 0 Å². The van der Waals surface area contributed by atoms with Crippen LogP contribution in [0.25, 0.3) is 11.3 Å². The first-order valence-corrected chi connectivity index (χ1v) is 7.58. The number of hydrogen-bond acceptors (Lipinski definition) is 4. The predicted molar refractivity (Wildman–Crippen MR) is 75.2 cm³/mol. The molecule has 2 fully saturated rings. The molecule has 0 aromatic carbocycles. The molecule has 1 aliphatic carbocycles. The number of nitrogens with zero attached hydrogens (tertiary/aromatic N) is 4. The molecule has 2 aliphatic rings. The summed E-state index contributed by atoms with van der Waals surface area (Å²) in [7, 11) is 0. The van der Waals surface area contributed by atoms with Crippen molar-refractivity contribution in [2.45, 2.75) is 51.2 Å². The van der Waals surface area contributed by atoms with Crippen molar-refractivity contribution < 1.29 is 4.74 Å². The minimum atomic E-state index is 0.299. The lowest BCUT2D eigenvalue weighted by atomic mass is 9.73. The molecule has 1 aliphatic heterocycles. The molecule has 0 N–H and O–H groups in total. The Kier molecular flexibility index (Phi) is 2.95. The van der Waals surface area contributed by atoms with Crippen molar-refractivity contribution in [3.05, 3.63) is 18.7 Å². The molecule has 1 saturated carbocycles. The summed E-state index contributed by atoms with van der Waals surface area (Å²) in [6.07, 6.45) is 13.5. The fourth-order valence-corrected chi connectivity index (χ4v) is 3.81. The van der Waals surface area contributed by atoms with Crippen LogP contribution in [0.4, 0.5) is 0 Å². The molecule has 5 nitrogen and oxygen atoms in total. The first-order chi connectivity index (χ1) is 9.85. The second kappa shape index (κ2) is 4.81. The van der Waals surface area contributed by atoms with Crippen LogP contribution in [-0.4, -0.2) is 32.2 Å². The van der Waals surface area contributed by atoms with Gasteiger partial charge in [-0.15, -0.1) is 0 Å². The summed E-state index contributed by atoms with van der Waals surface area (Å²) < 4.78 is 8.15. The molecule has 4 rings (SSSR count). The Bertz CT molecular complexity index is 603. The highest BCUT2D eigenvalue weighted by molar-refractivity contribution is 5.64. The lowest BCUT2D eigenvalue weighted by Gasteiger charge is -2.31. The van der Waals surface area contributed by atoms with Crippen LogP contribution in [0, 0.1) is 5.41 Å². The molecule has 0 amide bonds. The summed E-state index contributed by atoms with van der Waals surface area (Å²) in [6, 6.07) is 0. The van der Waals surface area contributed by atoms with E-state index in [0.29, 0.717) is 11.5 Å². The normalized spacial score (nSPS) is 25.5. The molecule has 3 heterocycles. The molecule has 1 atom stereocenters. The van der Waals surface area contributed by atoms with Crippen molar-refractivity contribution in [2.24, 2.45) is 5.41 Å². The van der Waals surface area contributed by atoms with E-state index in [1.807, 2.05) is 6.33 Å². The van der Waals surface area contributed by atoms with Crippen LogP contribution in [-0.2, 0) is 11.3 Å². The number of imidazole rings is 1. The van der Waals surface area contributed by atoms with Gasteiger partial charge in [0.1, 0.15) is 0 Å². The quantitative estimate of drug-likeness (QED) is 0.843. The van der Waals surface area contributed by atoms with Crippen molar-refractivity contribution in [2.75, 3.05) is 6.61 Å². The molecule has 0 bridgehead atoms. The van der Waals surface area contributed by atoms with E-state index in [0.717, 1.165) is 24.4 Å². The van der Waals surface area contributed by atoms with Gasteiger partial charge in [-0.2, -0.15) is 0 Å². The van der Waals surface area contributed by atoms with Crippen molar-refractivity contribution in [3.63, 3.8) is 0 Å². The van der Waals surface area contributed by atoms with Crippen molar-refractivity contribution in [3.8, 4) is 0 Å². The van der Waals surface area contributed by atoms with Gasteiger partial charge in [0.25, 0.3) is 0 Å². The largest absolute Gasteiger partial charge is 0.376 e. The molecule has 106 valence electrons. The number of ether oxygens (including phenoxy) is 1. The molecule has 2 aromatic rings. The van der Waals surface area contributed by atoms with Gasteiger partial charge in [-0.3, -0.25) is 0 Å². The molecular weight excluding hydrogens is 252 g/mol. The third-order valence-corrected chi connectivity index (χ3v) is 4.85. The summed E-state index contributed by atoms with van der Waals surface area (Å²) in [5.41, 5.74) is 2.05. The van der Waals surface area contributed by atoms with E-state index in [1.165, 1.54) is 38.5 Å².